The average molecular weight is 294 g/mol. The van der Waals surface area contributed by atoms with Crippen molar-refractivity contribution in [2.75, 3.05) is 39.8 Å². The topological polar surface area (TPSA) is 23.6 Å². The molecule has 0 saturated carbocycles. The van der Waals surface area contributed by atoms with Gasteiger partial charge in [-0.3, -0.25) is 9.69 Å². The summed E-state index contributed by atoms with van der Waals surface area (Å²) in [5.74, 6) is 0. The largest absolute Gasteiger partial charge is 0.304 e. The van der Waals surface area contributed by atoms with Crippen LogP contribution >= 0.6 is 22.6 Å². The second-order valence-electron chi connectivity index (χ2n) is 3.31. The molecule has 4 heteroatoms. The minimum Gasteiger partial charge on any atom is -0.304 e. The van der Waals surface area contributed by atoms with Gasteiger partial charge in [0.15, 0.2) is 0 Å². The molecule has 74 valence electrons. The second kappa shape index (κ2) is 5.72. The van der Waals surface area contributed by atoms with E-state index in [1.165, 1.54) is 0 Å². The Morgan fingerprint density at radius 1 is 1.38 bits per heavy atom. The number of rotatable bonds is 3. The Hall–Kier alpha value is 0.0600. The van der Waals surface area contributed by atoms with Gasteiger partial charge in [0.05, 0.1) is 0 Å². The summed E-state index contributed by atoms with van der Waals surface area (Å²) in [6, 6.07) is 0. The fraction of sp³-hybridized carbons (Fsp3) is 0.667. The molecule has 0 N–H and O–H groups in total. The van der Waals surface area contributed by atoms with Gasteiger partial charge in [-0.25, -0.2) is 0 Å². The van der Waals surface area contributed by atoms with Gasteiger partial charge in [-0.05, 0) is 13.1 Å². The fourth-order valence-electron chi connectivity index (χ4n) is 1.32. The molecular weight excluding hydrogens is 279 g/mol. The quantitative estimate of drug-likeness (QED) is 0.436. The van der Waals surface area contributed by atoms with Crippen molar-refractivity contribution < 1.29 is 4.79 Å². The Kier molecular flexibility index (Phi) is 4.90. The Bertz CT molecular complexity index is 198. The number of likely N-dealkylation sites (N-methyl/N-ethyl adjacent to an activating group) is 1. The third-order valence-corrected chi connectivity index (χ3v) is 2.57. The molecule has 0 aliphatic carbocycles. The van der Waals surface area contributed by atoms with Gasteiger partial charge in [-0.2, -0.15) is 0 Å². The molecule has 0 aromatic rings. The number of nitrogens with zero attached hydrogens (tertiary/aromatic N) is 2. The summed E-state index contributed by atoms with van der Waals surface area (Å²) in [4.78, 5) is 15.3. The van der Waals surface area contributed by atoms with Gasteiger partial charge in [-0.1, -0.05) is 6.08 Å². The van der Waals surface area contributed by atoms with Crippen LogP contribution in [0.2, 0.25) is 0 Å². The van der Waals surface area contributed by atoms with Crippen molar-refractivity contribution >= 4 is 26.4 Å². The van der Waals surface area contributed by atoms with E-state index >= 15 is 0 Å². The lowest BCUT2D eigenvalue weighted by molar-refractivity contribution is -0.105. The molecule has 1 aliphatic rings. The van der Waals surface area contributed by atoms with E-state index in [-0.39, 0.29) is 3.79 Å². The summed E-state index contributed by atoms with van der Waals surface area (Å²) >= 11 is 1.79. The van der Waals surface area contributed by atoms with E-state index in [0.717, 1.165) is 32.7 Å². The van der Waals surface area contributed by atoms with Crippen molar-refractivity contribution in [3.63, 3.8) is 0 Å². The van der Waals surface area contributed by atoms with Gasteiger partial charge in [0.1, 0.15) is 0 Å². The number of piperazine rings is 1. The average Bonchev–Trinajstić information content (AvgIpc) is 2.08. The molecule has 0 bridgehead atoms. The number of allylic oxidation sites excluding steroid dienone is 1. The summed E-state index contributed by atoms with van der Waals surface area (Å²) in [5, 5.41) is 0. The lowest BCUT2D eigenvalue weighted by atomic mass is 10.3. The van der Waals surface area contributed by atoms with Gasteiger partial charge in [-0.15, -0.1) is 0 Å². The van der Waals surface area contributed by atoms with Crippen molar-refractivity contribution in [2.24, 2.45) is 0 Å². The molecule has 1 rings (SSSR count). The Morgan fingerprint density at radius 2 is 2.00 bits per heavy atom. The van der Waals surface area contributed by atoms with E-state index < -0.39 is 0 Å². The first-order valence-electron chi connectivity index (χ1n) is 4.45. The van der Waals surface area contributed by atoms with E-state index in [2.05, 4.69) is 16.8 Å². The first kappa shape index (κ1) is 11.1. The summed E-state index contributed by atoms with van der Waals surface area (Å²) in [6.07, 6.45) is 3.58. The molecule has 0 unspecified atom stereocenters. The van der Waals surface area contributed by atoms with E-state index in [9.17, 15) is 4.79 Å². The summed E-state index contributed by atoms with van der Waals surface area (Å²) < 4.78 is 0.103. The van der Waals surface area contributed by atoms with Crippen LogP contribution in [0.15, 0.2) is 12.2 Å². The van der Waals surface area contributed by atoms with Crippen LogP contribution in [-0.4, -0.2) is 53.4 Å². The highest BCUT2D eigenvalue weighted by atomic mass is 127. The van der Waals surface area contributed by atoms with Crippen molar-refractivity contribution in [3.05, 3.63) is 12.2 Å². The van der Waals surface area contributed by atoms with Crippen LogP contribution in [0.5, 0.6) is 0 Å². The Morgan fingerprint density at radius 3 is 2.54 bits per heavy atom. The third-order valence-electron chi connectivity index (χ3n) is 2.21. The number of halogens is 1. The maximum Gasteiger partial charge on any atom is 0.214 e. The molecular formula is C9H15IN2O. The van der Waals surface area contributed by atoms with Crippen LogP contribution in [0.1, 0.15) is 0 Å². The van der Waals surface area contributed by atoms with Crippen LogP contribution in [0.4, 0.5) is 0 Å². The molecule has 3 nitrogen and oxygen atoms in total. The van der Waals surface area contributed by atoms with Crippen molar-refractivity contribution in [2.45, 2.75) is 0 Å². The van der Waals surface area contributed by atoms with Crippen LogP contribution in [-0.2, 0) is 4.79 Å². The minimum absolute atomic E-state index is 0.103. The molecule has 0 amide bonds. The first-order valence-corrected chi connectivity index (χ1v) is 5.53. The number of carbonyl (C=O) groups is 1. The number of hydrogen-bond acceptors (Lipinski definition) is 3. The minimum atomic E-state index is 0.103. The highest BCUT2D eigenvalue weighted by Crippen LogP contribution is 1.99. The highest BCUT2D eigenvalue weighted by molar-refractivity contribution is 14.1. The molecule has 0 spiro atoms. The summed E-state index contributed by atoms with van der Waals surface area (Å²) in [5.41, 5.74) is 0. The van der Waals surface area contributed by atoms with Crippen molar-refractivity contribution in [3.8, 4) is 0 Å². The van der Waals surface area contributed by atoms with E-state index in [1.54, 1.807) is 28.7 Å². The van der Waals surface area contributed by atoms with Gasteiger partial charge in [0, 0.05) is 55.3 Å². The van der Waals surface area contributed by atoms with Gasteiger partial charge in [0.2, 0.25) is 3.79 Å². The maximum atomic E-state index is 10.6. The van der Waals surface area contributed by atoms with Crippen LogP contribution < -0.4 is 0 Å². The molecule has 0 aromatic carbocycles. The molecule has 0 radical (unpaired) electrons. The van der Waals surface area contributed by atoms with E-state index in [0.29, 0.717) is 0 Å². The Balaban J connectivity index is 2.19. The van der Waals surface area contributed by atoms with Gasteiger partial charge in [0.25, 0.3) is 0 Å². The normalized spacial score (nSPS) is 21.1. The summed E-state index contributed by atoms with van der Waals surface area (Å²) in [6.45, 7) is 5.38. The lowest BCUT2D eigenvalue weighted by Crippen LogP contribution is -2.44. The Labute approximate surface area is 92.9 Å². The molecule has 1 fully saturated rings. The second-order valence-corrected chi connectivity index (χ2v) is 4.37. The van der Waals surface area contributed by atoms with Crippen molar-refractivity contribution in [1.82, 2.24) is 9.80 Å². The summed E-state index contributed by atoms with van der Waals surface area (Å²) in [7, 11) is 2.14. The number of carbonyl (C=O) groups excluding carboxylic acids is 1. The van der Waals surface area contributed by atoms with Crippen LogP contribution in [0, 0.1) is 0 Å². The fourth-order valence-corrected chi connectivity index (χ4v) is 1.58. The monoisotopic (exact) mass is 294 g/mol. The third kappa shape index (κ3) is 4.73. The molecule has 0 aromatic heterocycles. The van der Waals surface area contributed by atoms with E-state index in [1.807, 2.05) is 6.08 Å². The molecule has 0 atom stereocenters. The molecule has 1 aliphatic heterocycles. The van der Waals surface area contributed by atoms with E-state index in [4.69, 9.17) is 0 Å². The zero-order valence-corrected chi connectivity index (χ0v) is 10.0. The molecule has 1 heterocycles. The maximum absolute atomic E-state index is 10.6. The lowest BCUT2D eigenvalue weighted by Gasteiger charge is -2.31. The standard InChI is InChI=1S/C9H15IN2O/c1-11-5-7-12(8-6-11)4-2-3-9(10)13/h2-3H,4-8H2,1H3/b3-2+. The highest BCUT2D eigenvalue weighted by Gasteiger charge is 2.11. The van der Waals surface area contributed by atoms with Crippen LogP contribution in [0.3, 0.4) is 0 Å². The zero-order valence-electron chi connectivity index (χ0n) is 7.87. The van der Waals surface area contributed by atoms with Crippen LogP contribution in [0.25, 0.3) is 0 Å². The smallest absolute Gasteiger partial charge is 0.214 e. The SMILES string of the molecule is CN1CCN(C/C=C/C(=O)I)CC1. The van der Waals surface area contributed by atoms with Gasteiger partial charge >= 0.3 is 0 Å². The molecule has 13 heavy (non-hydrogen) atoms. The number of hydrogen-bond donors (Lipinski definition) is 0. The molecule has 1 saturated heterocycles. The zero-order chi connectivity index (χ0) is 9.68. The predicted molar refractivity (Wildman–Crippen MR) is 62.1 cm³/mol. The van der Waals surface area contributed by atoms with Crippen molar-refractivity contribution in [1.29, 1.82) is 0 Å². The van der Waals surface area contributed by atoms with Gasteiger partial charge < -0.3 is 4.90 Å². The first-order chi connectivity index (χ1) is 6.18. The predicted octanol–water partition coefficient (Wildman–Crippen LogP) is 0.752.